The van der Waals surface area contributed by atoms with Crippen molar-refractivity contribution in [1.82, 2.24) is 0 Å². The van der Waals surface area contributed by atoms with Crippen LogP contribution in [0.5, 0.6) is 0 Å². The second-order valence-corrected chi connectivity index (χ2v) is 3.72. The van der Waals surface area contributed by atoms with Crippen molar-refractivity contribution in [2.75, 3.05) is 39.4 Å². The first-order valence-corrected chi connectivity index (χ1v) is 5.70. The largest absolute Gasteiger partial charge is 0.382 e. The maximum absolute atomic E-state index is 11.5. The molecule has 0 atom stereocenters. The van der Waals surface area contributed by atoms with Gasteiger partial charge in [-0.3, -0.25) is 4.79 Å². The van der Waals surface area contributed by atoms with E-state index in [1.165, 1.54) is 0 Å². The molecule has 0 saturated heterocycles. The van der Waals surface area contributed by atoms with Crippen LogP contribution in [-0.2, 0) is 25.6 Å². The van der Waals surface area contributed by atoms with Gasteiger partial charge in [0.25, 0.3) is 0 Å². The predicted octanol–water partition coefficient (Wildman–Crippen LogP) is 1.43. The van der Waals surface area contributed by atoms with Gasteiger partial charge in [-0.05, 0) is 17.7 Å². The minimum absolute atomic E-state index is 0.0309. The number of rotatable bonds is 8. The van der Waals surface area contributed by atoms with Gasteiger partial charge in [-0.25, -0.2) is 0 Å². The van der Waals surface area contributed by atoms with Gasteiger partial charge in [0.05, 0.1) is 19.8 Å². The summed E-state index contributed by atoms with van der Waals surface area (Å²) in [6.45, 7) is 1.49. The number of carbonyl (C=O) groups is 1. The first-order chi connectivity index (χ1) is 8.76. The fourth-order valence-corrected chi connectivity index (χ4v) is 1.36. The van der Waals surface area contributed by atoms with E-state index >= 15 is 0 Å². The summed E-state index contributed by atoms with van der Waals surface area (Å²) in [6.07, 6.45) is 0. The van der Waals surface area contributed by atoms with Gasteiger partial charge < -0.3 is 19.5 Å². The van der Waals surface area contributed by atoms with Gasteiger partial charge in [0.15, 0.2) is 0 Å². The van der Waals surface area contributed by atoms with Crippen LogP contribution in [0.1, 0.15) is 5.56 Å². The molecule has 1 rings (SSSR count). The van der Waals surface area contributed by atoms with Crippen LogP contribution in [-0.4, -0.2) is 39.9 Å². The van der Waals surface area contributed by atoms with Crippen molar-refractivity contribution >= 4 is 11.6 Å². The minimum atomic E-state index is -0.175. The molecule has 1 N–H and O–H groups in total. The van der Waals surface area contributed by atoms with Gasteiger partial charge in [0, 0.05) is 19.9 Å². The summed E-state index contributed by atoms with van der Waals surface area (Å²) in [7, 11) is 3.23. The molecule has 5 nitrogen and oxygen atoms in total. The molecule has 0 aromatic heterocycles. The molecule has 0 aliphatic rings. The van der Waals surface area contributed by atoms with Crippen LogP contribution in [0.15, 0.2) is 24.3 Å². The zero-order valence-electron chi connectivity index (χ0n) is 10.8. The molecule has 0 heterocycles. The second-order valence-electron chi connectivity index (χ2n) is 3.72. The van der Waals surface area contributed by atoms with Gasteiger partial charge in [0.1, 0.15) is 6.61 Å². The zero-order chi connectivity index (χ0) is 13.2. The number of anilines is 1. The fraction of sp³-hybridized carbons (Fsp3) is 0.462. The van der Waals surface area contributed by atoms with Crippen LogP contribution in [0.4, 0.5) is 5.69 Å². The monoisotopic (exact) mass is 253 g/mol. The first-order valence-electron chi connectivity index (χ1n) is 5.70. The van der Waals surface area contributed by atoms with Crippen LogP contribution < -0.4 is 5.32 Å². The Hall–Kier alpha value is -1.43. The Kier molecular flexibility index (Phi) is 7.01. The fourth-order valence-electron chi connectivity index (χ4n) is 1.36. The minimum Gasteiger partial charge on any atom is -0.382 e. The van der Waals surface area contributed by atoms with E-state index in [4.69, 9.17) is 14.2 Å². The molecule has 1 amide bonds. The number of carbonyl (C=O) groups excluding carboxylic acids is 1. The third-order valence-electron chi connectivity index (χ3n) is 2.21. The Morgan fingerprint density at radius 3 is 2.44 bits per heavy atom. The van der Waals surface area contributed by atoms with E-state index in [2.05, 4.69) is 5.32 Å². The average Bonchev–Trinajstić information content (AvgIpc) is 2.37. The highest BCUT2D eigenvalue weighted by Crippen LogP contribution is 2.10. The second kappa shape index (κ2) is 8.63. The molecule has 100 valence electrons. The van der Waals surface area contributed by atoms with Crippen LogP contribution in [0.3, 0.4) is 0 Å². The summed E-state index contributed by atoms with van der Waals surface area (Å²) in [5.41, 5.74) is 1.81. The van der Waals surface area contributed by atoms with E-state index in [0.29, 0.717) is 19.8 Å². The molecule has 0 aliphatic heterocycles. The van der Waals surface area contributed by atoms with Gasteiger partial charge in [-0.2, -0.15) is 0 Å². The van der Waals surface area contributed by atoms with E-state index < -0.39 is 0 Å². The SMILES string of the molecule is COCCOCC(=O)Nc1ccc(COC)cc1. The lowest BCUT2D eigenvalue weighted by atomic mass is 10.2. The Labute approximate surface area is 107 Å². The number of nitrogens with one attached hydrogen (secondary N) is 1. The quantitative estimate of drug-likeness (QED) is 0.712. The molecule has 0 radical (unpaired) electrons. The molecule has 0 bridgehead atoms. The third kappa shape index (κ3) is 5.77. The number of hydrogen-bond acceptors (Lipinski definition) is 4. The van der Waals surface area contributed by atoms with Crippen molar-refractivity contribution in [2.45, 2.75) is 6.61 Å². The summed E-state index contributed by atoms with van der Waals surface area (Å²) in [5, 5.41) is 2.74. The Morgan fingerprint density at radius 2 is 1.83 bits per heavy atom. The maximum Gasteiger partial charge on any atom is 0.250 e. The number of ether oxygens (including phenoxy) is 3. The van der Waals surface area contributed by atoms with E-state index in [-0.39, 0.29) is 12.5 Å². The topological polar surface area (TPSA) is 56.8 Å². The summed E-state index contributed by atoms with van der Waals surface area (Å²) in [5.74, 6) is -0.175. The Balaban J connectivity index is 2.30. The summed E-state index contributed by atoms with van der Waals surface area (Å²) in [6, 6.07) is 7.48. The molecular weight excluding hydrogens is 234 g/mol. The number of benzene rings is 1. The first kappa shape index (κ1) is 14.6. The lowest BCUT2D eigenvalue weighted by Gasteiger charge is -2.07. The zero-order valence-corrected chi connectivity index (χ0v) is 10.8. The predicted molar refractivity (Wildman–Crippen MR) is 68.5 cm³/mol. The van der Waals surface area contributed by atoms with Gasteiger partial charge in [-0.1, -0.05) is 12.1 Å². The third-order valence-corrected chi connectivity index (χ3v) is 2.21. The van der Waals surface area contributed by atoms with Gasteiger partial charge in [0.2, 0.25) is 5.91 Å². The van der Waals surface area contributed by atoms with Crippen molar-refractivity contribution in [1.29, 1.82) is 0 Å². The van der Waals surface area contributed by atoms with E-state index in [1.54, 1.807) is 14.2 Å². The molecule has 1 aromatic carbocycles. The van der Waals surface area contributed by atoms with E-state index in [9.17, 15) is 4.79 Å². The van der Waals surface area contributed by atoms with E-state index in [1.807, 2.05) is 24.3 Å². The molecule has 5 heteroatoms. The highest BCUT2D eigenvalue weighted by Gasteiger charge is 2.02. The van der Waals surface area contributed by atoms with Crippen LogP contribution >= 0.6 is 0 Å². The number of hydrogen-bond donors (Lipinski definition) is 1. The van der Waals surface area contributed by atoms with Crippen molar-refractivity contribution in [2.24, 2.45) is 0 Å². The Morgan fingerprint density at radius 1 is 1.11 bits per heavy atom. The summed E-state index contributed by atoms with van der Waals surface area (Å²) < 4.78 is 14.9. The number of methoxy groups -OCH3 is 2. The normalized spacial score (nSPS) is 10.3. The molecular formula is C13H19NO4. The van der Waals surface area contributed by atoms with Crippen molar-refractivity contribution in [3.63, 3.8) is 0 Å². The number of amides is 1. The van der Waals surface area contributed by atoms with Crippen molar-refractivity contribution in [3.05, 3.63) is 29.8 Å². The highest BCUT2D eigenvalue weighted by molar-refractivity contribution is 5.91. The van der Waals surface area contributed by atoms with Gasteiger partial charge >= 0.3 is 0 Å². The standard InChI is InChI=1S/C13H19NO4/c1-16-7-8-18-10-13(15)14-12-5-3-11(4-6-12)9-17-2/h3-6H,7-10H2,1-2H3,(H,14,15). The average molecular weight is 253 g/mol. The summed E-state index contributed by atoms with van der Waals surface area (Å²) >= 11 is 0. The van der Waals surface area contributed by atoms with Crippen LogP contribution in [0.25, 0.3) is 0 Å². The smallest absolute Gasteiger partial charge is 0.250 e. The molecule has 1 aromatic rings. The highest BCUT2D eigenvalue weighted by atomic mass is 16.5. The maximum atomic E-state index is 11.5. The van der Waals surface area contributed by atoms with Crippen molar-refractivity contribution < 1.29 is 19.0 Å². The molecule has 0 saturated carbocycles. The molecule has 0 spiro atoms. The Bertz CT molecular complexity index is 351. The van der Waals surface area contributed by atoms with Crippen LogP contribution in [0, 0.1) is 0 Å². The summed E-state index contributed by atoms with van der Waals surface area (Å²) in [4.78, 5) is 11.5. The lowest BCUT2D eigenvalue weighted by Crippen LogP contribution is -2.19. The molecule has 0 aliphatic carbocycles. The van der Waals surface area contributed by atoms with E-state index in [0.717, 1.165) is 11.3 Å². The molecule has 0 unspecified atom stereocenters. The van der Waals surface area contributed by atoms with Gasteiger partial charge in [-0.15, -0.1) is 0 Å². The molecule has 0 fully saturated rings. The van der Waals surface area contributed by atoms with Crippen LogP contribution in [0.2, 0.25) is 0 Å². The van der Waals surface area contributed by atoms with Crippen molar-refractivity contribution in [3.8, 4) is 0 Å². The molecule has 18 heavy (non-hydrogen) atoms. The lowest BCUT2D eigenvalue weighted by molar-refractivity contribution is -0.121.